The van der Waals surface area contributed by atoms with Crippen molar-refractivity contribution in [1.29, 1.82) is 0 Å². The fraction of sp³-hybridized carbons (Fsp3) is 0.182. The predicted molar refractivity (Wildman–Crippen MR) is 63.0 cm³/mol. The molecule has 1 heterocycles. The van der Waals surface area contributed by atoms with E-state index in [-0.39, 0.29) is 23.1 Å². The third kappa shape index (κ3) is 1.97. The largest absolute Gasteiger partial charge is 0.508 e. The van der Waals surface area contributed by atoms with Crippen LogP contribution in [0.15, 0.2) is 12.1 Å². The average molecular weight is 248 g/mol. The molecule has 0 spiro atoms. The van der Waals surface area contributed by atoms with Crippen LogP contribution in [0.2, 0.25) is 0 Å². The van der Waals surface area contributed by atoms with Gasteiger partial charge in [-0.15, -0.1) is 0 Å². The van der Waals surface area contributed by atoms with Crippen LogP contribution in [-0.2, 0) is 6.42 Å². The average Bonchev–Trinajstić information content (AvgIpc) is 2.78. The van der Waals surface area contributed by atoms with E-state index in [4.69, 9.17) is 5.73 Å². The van der Waals surface area contributed by atoms with Gasteiger partial charge in [-0.05, 0) is 18.1 Å². The monoisotopic (exact) mass is 248 g/mol. The number of nitrogens with two attached hydrogens (primary N) is 1. The standard InChI is InChI=1S/C11H12N4O3/c1-2-5-3-6(8(17)4-7(5)16)10-13-11(9(12)18)15-14-10/h3-4,16-17H,2H2,1H3,(H2,12,18)(H,13,14,15). The van der Waals surface area contributed by atoms with Gasteiger partial charge in [-0.1, -0.05) is 6.92 Å². The van der Waals surface area contributed by atoms with Gasteiger partial charge < -0.3 is 15.9 Å². The number of aromatic hydroxyl groups is 2. The minimum Gasteiger partial charge on any atom is -0.508 e. The highest BCUT2D eigenvalue weighted by Crippen LogP contribution is 2.33. The second kappa shape index (κ2) is 4.36. The molecule has 94 valence electrons. The van der Waals surface area contributed by atoms with Gasteiger partial charge in [0, 0.05) is 6.07 Å². The number of carbonyl (C=O) groups is 1. The molecule has 7 nitrogen and oxygen atoms in total. The number of nitrogens with one attached hydrogen (secondary N) is 1. The van der Waals surface area contributed by atoms with Gasteiger partial charge in [0.2, 0.25) is 5.82 Å². The number of phenolic OH excluding ortho intramolecular Hbond substituents is 2. The molecule has 0 atom stereocenters. The Morgan fingerprint density at radius 1 is 1.39 bits per heavy atom. The summed E-state index contributed by atoms with van der Waals surface area (Å²) in [6.07, 6.45) is 0.589. The van der Waals surface area contributed by atoms with Crippen molar-refractivity contribution in [2.45, 2.75) is 13.3 Å². The topological polar surface area (TPSA) is 125 Å². The first kappa shape index (κ1) is 11.9. The van der Waals surface area contributed by atoms with Gasteiger partial charge in [0.05, 0.1) is 5.56 Å². The first-order valence-corrected chi connectivity index (χ1v) is 5.30. The van der Waals surface area contributed by atoms with Gasteiger partial charge in [0.15, 0.2) is 5.82 Å². The number of benzene rings is 1. The summed E-state index contributed by atoms with van der Waals surface area (Å²) in [7, 11) is 0. The maximum atomic E-state index is 10.9. The van der Waals surface area contributed by atoms with Crippen LogP contribution in [0.4, 0.5) is 0 Å². The minimum absolute atomic E-state index is 0.00408. The van der Waals surface area contributed by atoms with Gasteiger partial charge in [-0.3, -0.25) is 9.89 Å². The molecule has 0 aliphatic rings. The lowest BCUT2D eigenvalue weighted by Crippen LogP contribution is -2.12. The molecule has 1 aromatic carbocycles. The molecule has 0 aliphatic carbocycles. The maximum absolute atomic E-state index is 10.9. The third-order valence-corrected chi connectivity index (χ3v) is 2.54. The molecule has 18 heavy (non-hydrogen) atoms. The van der Waals surface area contributed by atoms with Crippen molar-refractivity contribution in [2.24, 2.45) is 5.73 Å². The number of nitrogens with zero attached hydrogens (tertiary/aromatic N) is 2. The SMILES string of the molecule is CCc1cc(-c2n[nH]c(C(N)=O)n2)c(O)cc1O. The van der Waals surface area contributed by atoms with E-state index in [2.05, 4.69) is 15.2 Å². The quantitative estimate of drug-likeness (QED) is 0.631. The Hall–Kier alpha value is -2.57. The van der Waals surface area contributed by atoms with Crippen LogP contribution < -0.4 is 5.73 Å². The highest BCUT2D eigenvalue weighted by molar-refractivity contribution is 5.89. The first-order chi connectivity index (χ1) is 8.52. The summed E-state index contributed by atoms with van der Waals surface area (Å²) in [5.74, 6) is -0.835. The Morgan fingerprint density at radius 3 is 2.67 bits per heavy atom. The first-order valence-electron chi connectivity index (χ1n) is 5.30. The van der Waals surface area contributed by atoms with E-state index in [9.17, 15) is 15.0 Å². The maximum Gasteiger partial charge on any atom is 0.286 e. The Labute approximate surface area is 102 Å². The zero-order valence-corrected chi connectivity index (χ0v) is 9.64. The second-order valence-corrected chi connectivity index (χ2v) is 3.72. The van der Waals surface area contributed by atoms with E-state index >= 15 is 0 Å². The predicted octanol–water partition coefficient (Wildman–Crippen LogP) is 0.544. The number of hydrogen-bond acceptors (Lipinski definition) is 5. The summed E-state index contributed by atoms with van der Waals surface area (Å²) < 4.78 is 0. The van der Waals surface area contributed by atoms with Gasteiger partial charge in [-0.2, -0.15) is 5.10 Å². The zero-order valence-electron chi connectivity index (χ0n) is 9.64. The summed E-state index contributed by atoms with van der Waals surface area (Å²) in [6.45, 7) is 1.86. The lowest BCUT2D eigenvalue weighted by atomic mass is 10.1. The number of aromatic amines is 1. The Kier molecular flexibility index (Phi) is 2.88. The molecule has 0 unspecified atom stereocenters. The van der Waals surface area contributed by atoms with Crippen molar-refractivity contribution < 1.29 is 15.0 Å². The fourth-order valence-electron chi connectivity index (χ4n) is 1.58. The molecule has 0 fully saturated rings. The van der Waals surface area contributed by atoms with Gasteiger partial charge in [0.25, 0.3) is 5.91 Å². The summed E-state index contributed by atoms with van der Waals surface area (Å²) in [6, 6.07) is 2.78. The normalized spacial score (nSPS) is 10.5. The fourth-order valence-corrected chi connectivity index (χ4v) is 1.58. The van der Waals surface area contributed by atoms with E-state index in [1.54, 1.807) is 6.07 Å². The van der Waals surface area contributed by atoms with Crippen LogP contribution in [0.1, 0.15) is 23.1 Å². The van der Waals surface area contributed by atoms with E-state index in [1.807, 2.05) is 6.92 Å². The Morgan fingerprint density at radius 2 is 2.11 bits per heavy atom. The molecule has 0 saturated carbocycles. The van der Waals surface area contributed by atoms with Crippen LogP contribution in [0, 0.1) is 0 Å². The minimum atomic E-state index is -0.734. The van der Waals surface area contributed by atoms with Crippen molar-refractivity contribution in [2.75, 3.05) is 0 Å². The van der Waals surface area contributed by atoms with Crippen LogP contribution in [0.5, 0.6) is 11.5 Å². The number of aromatic nitrogens is 3. The number of carbonyl (C=O) groups excluding carboxylic acids is 1. The van der Waals surface area contributed by atoms with Crippen molar-refractivity contribution >= 4 is 5.91 Å². The summed E-state index contributed by atoms with van der Waals surface area (Å²) in [5.41, 5.74) is 6.02. The summed E-state index contributed by atoms with van der Waals surface area (Å²) in [4.78, 5) is 14.8. The Bertz CT molecular complexity index is 606. The molecule has 5 N–H and O–H groups in total. The van der Waals surface area contributed by atoms with Gasteiger partial charge in [0.1, 0.15) is 11.5 Å². The number of primary amides is 1. The highest BCUT2D eigenvalue weighted by Gasteiger charge is 2.15. The van der Waals surface area contributed by atoms with E-state index < -0.39 is 5.91 Å². The van der Waals surface area contributed by atoms with E-state index in [1.165, 1.54) is 6.07 Å². The number of phenols is 2. The van der Waals surface area contributed by atoms with Crippen LogP contribution in [0.3, 0.4) is 0 Å². The molecule has 2 rings (SSSR count). The smallest absolute Gasteiger partial charge is 0.286 e. The summed E-state index contributed by atoms with van der Waals surface area (Å²) in [5, 5.41) is 25.5. The Balaban J connectivity index is 2.52. The molecular formula is C11H12N4O3. The van der Waals surface area contributed by atoms with E-state index in [0.717, 1.165) is 0 Å². The van der Waals surface area contributed by atoms with Gasteiger partial charge in [-0.25, -0.2) is 4.98 Å². The lowest BCUT2D eigenvalue weighted by Gasteiger charge is -2.06. The molecule has 7 heteroatoms. The summed E-state index contributed by atoms with van der Waals surface area (Å²) >= 11 is 0. The second-order valence-electron chi connectivity index (χ2n) is 3.72. The number of aryl methyl sites for hydroxylation is 1. The molecule has 0 saturated heterocycles. The zero-order chi connectivity index (χ0) is 13.3. The van der Waals surface area contributed by atoms with Crippen molar-refractivity contribution in [3.8, 4) is 22.9 Å². The van der Waals surface area contributed by atoms with Crippen LogP contribution in [-0.4, -0.2) is 31.3 Å². The number of H-pyrrole nitrogens is 1. The molecule has 0 bridgehead atoms. The van der Waals surface area contributed by atoms with Crippen LogP contribution in [0.25, 0.3) is 11.4 Å². The number of rotatable bonds is 3. The lowest BCUT2D eigenvalue weighted by molar-refractivity contribution is 0.0991. The molecule has 2 aromatic rings. The number of amides is 1. The molecular weight excluding hydrogens is 236 g/mol. The molecule has 1 aromatic heterocycles. The van der Waals surface area contributed by atoms with Crippen molar-refractivity contribution in [1.82, 2.24) is 15.2 Å². The van der Waals surface area contributed by atoms with Crippen molar-refractivity contribution in [3.05, 3.63) is 23.5 Å². The molecule has 0 aliphatic heterocycles. The number of hydrogen-bond donors (Lipinski definition) is 4. The third-order valence-electron chi connectivity index (χ3n) is 2.54. The van der Waals surface area contributed by atoms with E-state index in [0.29, 0.717) is 17.5 Å². The van der Waals surface area contributed by atoms with Gasteiger partial charge >= 0.3 is 0 Å². The van der Waals surface area contributed by atoms with Crippen molar-refractivity contribution in [3.63, 3.8) is 0 Å². The van der Waals surface area contributed by atoms with Crippen LogP contribution >= 0.6 is 0 Å². The molecule has 0 radical (unpaired) electrons. The molecule has 1 amide bonds. The highest BCUT2D eigenvalue weighted by atomic mass is 16.3.